The number of carbonyl (C=O) groups excluding carboxylic acids is 1. The third kappa shape index (κ3) is 4.39. The second kappa shape index (κ2) is 7.38. The van der Waals surface area contributed by atoms with E-state index in [2.05, 4.69) is 28.5 Å². The van der Waals surface area contributed by atoms with E-state index in [1.807, 2.05) is 18.3 Å². The molecule has 0 radical (unpaired) electrons. The first kappa shape index (κ1) is 15.7. The van der Waals surface area contributed by atoms with E-state index < -0.39 is 0 Å². The fourth-order valence-corrected chi connectivity index (χ4v) is 2.57. The van der Waals surface area contributed by atoms with Crippen LogP contribution in [0.1, 0.15) is 25.3 Å². The normalized spacial score (nSPS) is 16.7. The number of Topliss-reactive ketones (excluding diaryl/α,β-unsaturated/α-hetero) is 1. The van der Waals surface area contributed by atoms with Crippen molar-refractivity contribution >= 4 is 5.78 Å². The first-order chi connectivity index (χ1) is 11.2. The third-order valence-electron chi connectivity index (χ3n) is 4.12. The van der Waals surface area contributed by atoms with Gasteiger partial charge in [-0.1, -0.05) is 24.3 Å². The van der Waals surface area contributed by atoms with Crippen molar-refractivity contribution in [2.75, 3.05) is 13.2 Å². The Kier molecular flexibility index (Phi) is 5.03. The molecule has 1 aliphatic rings. The van der Waals surface area contributed by atoms with E-state index in [1.54, 1.807) is 13.1 Å². The Labute approximate surface area is 136 Å². The second-order valence-electron chi connectivity index (χ2n) is 6.06. The minimum Gasteiger partial charge on any atom is -0.490 e. The Bertz CT molecular complexity index is 681. The van der Waals surface area contributed by atoms with Crippen LogP contribution < -0.4 is 10.1 Å². The molecule has 0 saturated carbocycles. The zero-order valence-electron chi connectivity index (χ0n) is 13.4. The summed E-state index contributed by atoms with van der Waals surface area (Å²) in [5.74, 6) is 1.02. The lowest BCUT2D eigenvalue weighted by Gasteiger charge is -2.27. The highest BCUT2D eigenvalue weighted by Crippen LogP contribution is 2.24. The molecule has 1 fully saturated rings. The molecule has 120 valence electrons. The number of aryl methyl sites for hydroxylation is 1. The van der Waals surface area contributed by atoms with Gasteiger partial charge in [0.1, 0.15) is 18.1 Å². The van der Waals surface area contributed by atoms with Gasteiger partial charge in [-0.25, -0.2) is 0 Å². The molecule has 2 heterocycles. The quantitative estimate of drug-likeness (QED) is 0.854. The van der Waals surface area contributed by atoms with Crippen LogP contribution in [-0.2, 0) is 11.2 Å². The van der Waals surface area contributed by atoms with Crippen LogP contribution in [0.4, 0.5) is 0 Å². The number of nitrogens with zero attached hydrogens (tertiary/aromatic N) is 1. The number of nitrogens with one attached hydrogen (secondary N) is 1. The zero-order valence-corrected chi connectivity index (χ0v) is 13.4. The molecule has 4 nitrogen and oxygen atoms in total. The predicted octanol–water partition coefficient (Wildman–Crippen LogP) is 3.01. The van der Waals surface area contributed by atoms with Crippen LogP contribution in [0.25, 0.3) is 11.1 Å². The van der Waals surface area contributed by atoms with Gasteiger partial charge in [-0.2, -0.15) is 0 Å². The number of rotatable bonds is 7. The van der Waals surface area contributed by atoms with Crippen molar-refractivity contribution in [3.63, 3.8) is 0 Å². The van der Waals surface area contributed by atoms with Gasteiger partial charge in [-0.3, -0.25) is 4.98 Å². The summed E-state index contributed by atoms with van der Waals surface area (Å²) in [6, 6.07) is 10.8. The first-order valence-corrected chi connectivity index (χ1v) is 8.11. The van der Waals surface area contributed by atoms with Gasteiger partial charge in [0, 0.05) is 24.2 Å². The van der Waals surface area contributed by atoms with Gasteiger partial charge in [-0.15, -0.1) is 0 Å². The summed E-state index contributed by atoms with van der Waals surface area (Å²) < 4.78 is 5.81. The van der Waals surface area contributed by atoms with Crippen molar-refractivity contribution in [2.24, 2.45) is 0 Å². The minimum absolute atomic E-state index is 0.220. The Morgan fingerprint density at radius 2 is 2.17 bits per heavy atom. The summed E-state index contributed by atoms with van der Waals surface area (Å²) in [5, 5.41) is 3.32. The van der Waals surface area contributed by atoms with E-state index in [-0.39, 0.29) is 5.78 Å². The molecule has 3 rings (SSSR count). The fourth-order valence-electron chi connectivity index (χ4n) is 2.57. The number of pyridine rings is 1. The molecule has 0 spiro atoms. The lowest BCUT2D eigenvalue weighted by atomic mass is 10.0. The van der Waals surface area contributed by atoms with Crippen LogP contribution in [0.2, 0.25) is 0 Å². The van der Waals surface area contributed by atoms with Gasteiger partial charge in [-0.05, 0) is 43.5 Å². The molecule has 4 heteroatoms. The monoisotopic (exact) mass is 310 g/mol. The van der Waals surface area contributed by atoms with Gasteiger partial charge in [0.05, 0.1) is 6.20 Å². The summed E-state index contributed by atoms with van der Waals surface area (Å²) in [6.07, 6.45) is 6.13. The van der Waals surface area contributed by atoms with Gasteiger partial charge in [0.15, 0.2) is 0 Å². The first-order valence-electron chi connectivity index (χ1n) is 8.11. The van der Waals surface area contributed by atoms with E-state index >= 15 is 0 Å². The number of benzene rings is 1. The Morgan fingerprint density at radius 1 is 1.30 bits per heavy atom. The molecule has 0 aliphatic carbocycles. The Morgan fingerprint density at radius 3 is 2.91 bits per heavy atom. The van der Waals surface area contributed by atoms with Crippen LogP contribution in [0.3, 0.4) is 0 Å². The molecule has 23 heavy (non-hydrogen) atoms. The highest BCUT2D eigenvalue weighted by atomic mass is 16.5. The number of aromatic nitrogens is 1. The molecular weight excluding hydrogens is 288 g/mol. The van der Waals surface area contributed by atoms with E-state index in [9.17, 15) is 4.79 Å². The molecule has 0 bridgehead atoms. The van der Waals surface area contributed by atoms with Crippen LogP contribution in [0, 0.1) is 0 Å². The second-order valence-corrected chi connectivity index (χ2v) is 6.06. The van der Waals surface area contributed by atoms with Gasteiger partial charge >= 0.3 is 0 Å². The average molecular weight is 310 g/mol. The van der Waals surface area contributed by atoms with Crippen molar-refractivity contribution in [1.29, 1.82) is 0 Å². The highest BCUT2D eigenvalue weighted by molar-refractivity contribution is 5.75. The summed E-state index contributed by atoms with van der Waals surface area (Å²) in [6.45, 7) is 3.40. The Balaban J connectivity index is 1.70. The number of hydrogen-bond acceptors (Lipinski definition) is 4. The van der Waals surface area contributed by atoms with E-state index in [1.165, 1.54) is 12.0 Å². The molecule has 1 saturated heterocycles. The maximum Gasteiger partial charge on any atom is 0.138 e. The minimum atomic E-state index is 0.220. The van der Waals surface area contributed by atoms with Gasteiger partial charge < -0.3 is 14.8 Å². The lowest BCUT2D eigenvalue weighted by molar-refractivity contribution is -0.116. The predicted molar refractivity (Wildman–Crippen MR) is 90.6 cm³/mol. The standard InChI is InChI=1S/C19H22N2O2/c1-14(22)5-6-15-3-2-4-16(9-15)17-10-19(12-20-11-17)23-13-18-7-8-21-18/h2-4,9-12,18,21H,5-8,13H2,1H3/t18-/m0/s1. The molecular formula is C19H22N2O2. The topological polar surface area (TPSA) is 51.2 Å². The molecule has 1 N–H and O–H groups in total. The fraction of sp³-hybridized carbons (Fsp3) is 0.368. The van der Waals surface area contributed by atoms with E-state index in [4.69, 9.17) is 4.74 Å². The smallest absolute Gasteiger partial charge is 0.138 e. The van der Waals surface area contributed by atoms with Gasteiger partial charge in [0.2, 0.25) is 0 Å². The van der Waals surface area contributed by atoms with Crippen molar-refractivity contribution in [3.8, 4) is 16.9 Å². The molecule has 1 aromatic heterocycles. The number of hydrogen-bond donors (Lipinski definition) is 1. The van der Waals surface area contributed by atoms with Crippen LogP contribution in [-0.4, -0.2) is 30.0 Å². The lowest BCUT2D eigenvalue weighted by Crippen LogP contribution is -2.46. The summed E-state index contributed by atoms with van der Waals surface area (Å²) in [7, 11) is 0. The summed E-state index contributed by atoms with van der Waals surface area (Å²) in [5.41, 5.74) is 3.31. The average Bonchev–Trinajstić information content (AvgIpc) is 2.52. The molecule has 1 aromatic carbocycles. The molecule has 0 amide bonds. The molecule has 0 unspecified atom stereocenters. The highest BCUT2D eigenvalue weighted by Gasteiger charge is 2.16. The maximum atomic E-state index is 11.1. The van der Waals surface area contributed by atoms with Crippen LogP contribution >= 0.6 is 0 Å². The van der Waals surface area contributed by atoms with Crippen molar-refractivity contribution < 1.29 is 9.53 Å². The largest absolute Gasteiger partial charge is 0.490 e. The molecule has 1 aliphatic heterocycles. The number of carbonyl (C=O) groups is 1. The summed E-state index contributed by atoms with van der Waals surface area (Å²) >= 11 is 0. The maximum absolute atomic E-state index is 11.1. The van der Waals surface area contributed by atoms with Crippen molar-refractivity contribution in [3.05, 3.63) is 48.3 Å². The number of ether oxygens (including phenoxy) is 1. The summed E-state index contributed by atoms with van der Waals surface area (Å²) in [4.78, 5) is 15.4. The van der Waals surface area contributed by atoms with E-state index in [0.717, 1.165) is 29.8 Å². The Hall–Kier alpha value is -2.20. The van der Waals surface area contributed by atoms with Crippen LogP contribution in [0.5, 0.6) is 5.75 Å². The SMILES string of the molecule is CC(=O)CCc1cccc(-c2cncc(OC[C@@H]3CCN3)c2)c1. The van der Waals surface area contributed by atoms with E-state index in [0.29, 0.717) is 19.1 Å². The third-order valence-corrected chi connectivity index (χ3v) is 4.12. The zero-order chi connectivity index (χ0) is 16.1. The van der Waals surface area contributed by atoms with Gasteiger partial charge in [0.25, 0.3) is 0 Å². The molecule has 2 aromatic rings. The van der Waals surface area contributed by atoms with Crippen LogP contribution in [0.15, 0.2) is 42.7 Å². The van der Waals surface area contributed by atoms with Crippen molar-refractivity contribution in [2.45, 2.75) is 32.2 Å². The number of ketones is 1. The van der Waals surface area contributed by atoms with Crippen molar-refractivity contribution in [1.82, 2.24) is 10.3 Å². The molecule has 1 atom stereocenters.